The molecule has 0 aromatic carbocycles. The molecule has 0 unspecified atom stereocenters. The summed E-state index contributed by atoms with van der Waals surface area (Å²) in [4.78, 5) is 8.35. The lowest BCUT2D eigenvalue weighted by molar-refractivity contribution is 1.18. The summed E-state index contributed by atoms with van der Waals surface area (Å²) >= 11 is 0. The Balaban J connectivity index is 2.44. The number of nitrogens with zero attached hydrogens (tertiary/aromatic N) is 2. The topological polar surface area (TPSA) is 25.8 Å². The highest BCUT2D eigenvalue weighted by atomic mass is 14.7. The summed E-state index contributed by atoms with van der Waals surface area (Å²) in [6.45, 7) is 3.91. The minimum Gasteiger partial charge on any atom is -0.261 e. The van der Waals surface area contributed by atoms with E-state index in [9.17, 15) is 0 Å². The molecule has 0 aliphatic heterocycles. The van der Waals surface area contributed by atoms with Crippen molar-refractivity contribution in [3.63, 3.8) is 0 Å². The molecule has 2 heteroatoms. The summed E-state index contributed by atoms with van der Waals surface area (Å²) in [7, 11) is 0. The minimum absolute atomic E-state index is 0.906. The summed E-state index contributed by atoms with van der Waals surface area (Å²) in [5.41, 5.74) is 4.06. The Kier molecular flexibility index (Phi) is 2.27. The van der Waals surface area contributed by atoms with E-state index in [1.807, 2.05) is 38.2 Å². The van der Waals surface area contributed by atoms with Crippen LogP contribution in [0.1, 0.15) is 11.4 Å². The van der Waals surface area contributed by atoms with E-state index in [2.05, 4.69) is 16.0 Å². The lowest BCUT2D eigenvalue weighted by Gasteiger charge is -2.01. The second kappa shape index (κ2) is 3.58. The monoisotopic (exact) mass is 183 g/mol. The predicted molar refractivity (Wildman–Crippen MR) is 55.8 cm³/mol. The van der Waals surface area contributed by atoms with Gasteiger partial charge in [-0.3, -0.25) is 9.97 Å². The van der Waals surface area contributed by atoms with Crippen LogP contribution in [0.25, 0.3) is 11.1 Å². The Bertz CT molecular complexity index is 432. The van der Waals surface area contributed by atoms with Gasteiger partial charge in [-0.2, -0.15) is 0 Å². The smallest absolute Gasteiger partial charge is 0.0458 e. The molecule has 2 rings (SSSR count). The molecule has 2 aromatic rings. The van der Waals surface area contributed by atoms with Crippen LogP contribution in [0.5, 0.6) is 0 Å². The van der Waals surface area contributed by atoms with Gasteiger partial charge in [0.2, 0.25) is 0 Å². The van der Waals surface area contributed by atoms with Gasteiger partial charge in [-0.15, -0.1) is 0 Å². The molecule has 2 heterocycles. The Morgan fingerprint density at radius 2 is 1.93 bits per heavy atom. The molecule has 0 atom stereocenters. The first kappa shape index (κ1) is 8.88. The fourth-order valence-electron chi connectivity index (χ4n) is 1.29. The summed E-state index contributed by atoms with van der Waals surface area (Å²) < 4.78 is 0. The van der Waals surface area contributed by atoms with Gasteiger partial charge in [-0.25, -0.2) is 0 Å². The van der Waals surface area contributed by atoms with Crippen LogP contribution in [0.4, 0.5) is 0 Å². The van der Waals surface area contributed by atoms with Gasteiger partial charge >= 0.3 is 0 Å². The average Bonchev–Trinajstić information content (AvgIpc) is 2.19. The molecule has 0 N–H and O–H groups in total. The van der Waals surface area contributed by atoms with Gasteiger partial charge in [0.25, 0.3) is 0 Å². The number of rotatable bonds is 1. The van der Waals surface area contributed by atoms with Crippen molar-refractivity contribution >= 4 is 0 Å². The van der Waals surface area contributed by atoms with Gasteiger partial charge in [0, 0.05) is 35.4 Å². The number of aryl methyl sites for hydroxylation is 2. The van der Waals surface area contributed by atoms with Gasteiger partial charge in [0.1, 0.15) is 0 Å². The van der Waals surface area contributed by atoms with Crippen LogP contribution in [0, 0.1) is 19.9 Å². The van der Waals surface area contributed by atoms with E-state index in [4.69, 9.17) is 0 Å². The third-order valence-corrected chi connectivity index (χ3v) is 2.05. The van der Waals surface area contributed by atoms with Gasteiger partial charge in [0.05, 0.1) is 0 Å². The normalized spacial score (nSPS) is 10.1. The summed E-state index contributed by atoms with van der Waals surface area (Å²) in [5.74, 6) is 0. The molecule has 0 bridgehead atoms. The molecular formula is C12H11N2. The highest BCUT2D eigenvalue weighted by Gasteiger charge is 1.98. The molecule has 0 fully saturated rings. The molecule has 2 aromatic heterocycles. The van der Waals surface area contributed by atoms with E-state index in [1.165, 1.54) is 0 Å². The molecule has 14 heavy (non-hydrogen) atoms. The Morgan fingerprint density at radius 1 is 1.07 bits per heavy atom. The highest BCUT2D eigenvalue weighted by molar-refractivity contribution is 5.61. The Labute approximate surface area is 83.7 Å². The van der Waals surface area contributed by atoms with Gasteiger partial charge in [-0.05, 0) is 31.5 Å². The summed E-state index contributed by atoms with van der Waals surface area (Å²) in [5, 5.41) is 0. The largest absolute Gasteiger partial charge is 0.261 e. The molecule has 0 aliphatic carbocycles. The molecule has 0 aliphatic rings. The first-order chi connectivity index (χ1) is 6.75. The first-order valence-corrected chi connectivity index (χ1v) is 4.53. The van der Waals surface area contributed by atoms with Crippen molar-refractivity contribution in [3.8, 4) is 11.1 Å². The molecule has 1 radical (unpaired) electrons. The maximum Gasteiger partial charge on any atom is 0.0458 e. The molecular weight excluding hydrogens is 172 g/mol. The zero-order valence-corrected chi connectivity index (χ0v) is 8.28. The Morgan fingerprint density at radius 3 is 2.57 bits per heavy atom. The van der Waals surface area contributed by atoms with E-state index in [-0.39, 0.29) is 0 Å². The Hall–Kier alpha value is -1.70. The van der Waals surface area contributed by atoms with E-state index in [1.54, 1.807) is 6.20 Å². The second-order valence-corrected chi connectivity index (χ2v) is 3.26. The van der Waals surface area contributed by atoms with Crippen molar-refractivity contribution in [2.24, 2.45) is 0 Å². The third kappa shape index (κ3) is 1.79. The van der Waals surface area contributed by atoms with Crippen molar-refractivity contribution in [3.05, 3.63) is 48.0 Å². The minimum atomic E-state index is 0.906. The average molecular weight is 183 g/mol. The zero-order valence-electron chi connectivity index (χ0n) is 8.28. The van der Waals surface area contributed by atoms with Crippen LogP contribution in [0.15, 0.2) is 30.6 Å². The SMILES string of the molecule is Cc1[c]c(-c2ccc(C)nc2)ccn1. The number of hydrogen-bond donors (Lipinski definition) is 0. The van der Waals surface area contributed by atoms with Crippen LogP contribution in [0.3, 0.4) is 0 Å². The summed E-state index contributed by atoms with van der Waals surface area (Å²) in [6, 6.07) is 9.18. The van der Waals surface area contributed by atoms with Crippen molar-refractivity contribution < 1.29 is 0 Å². The van der Waals surface area contributed by atoms with Crippen LogP contribution in [0.2, 0.25) is 0 Å². The number of pyridine rings is 2. The second-order valence-electron chi connectivity index (χ2n) is 3.26. The molecule has 0 amide bonds. The first-order valence-electron chi connectivity index (χ1n) is 4.53. The fraction of sp³-hybridized carbons (Fsp3) is 0.167. The van der Waals surface area contributed by atoms with Gasteiger partial charge in [0.15, 0.2) is 0 Å². The van der Waals surface area contributed by atoms with Crippen LogP contribution in [-0.4, -0.2) is 9.97 Å². The summed E-state index contributed by atoms with van der Waals surface area (Å²) in [6.07, 6.45) is 3.65. The molecule has 0 saturated heterocycles. The van der Waals surface area contributed by atoms with Gasteiger partial charge < -0.3 is 0 Å². The van der Waals surface area contributed by atoms with Crippen molar-refractivity contribution in [1.29, 1.82) is 0 Å². The quantitative estimate of drug-likeness (QED) is 0.679. The van der Waals surface area contributed by atoms with Crippen LogP contribution < -0.4 is 0 Å². The van der Waals surface area contributed by atoms with Crippen molar-refractivity contribution in [2.75, 3.05) is 0 Å². The number of hydrogen-bond acceptors (Lipinski definition) is 2. The zero-order chi connectivity index (χ0) is 9.97. The third-order valence-electron chi connectivity index (χ3n) is 2.05. The van der Waals surface area contributed by atoms with Crippen LogP contribution in [-0.2, 0) is 0 Å². The predicted octanol–water partition coefficient (Wildman–Crippen LogP) is 2.56. The van der Waals surface area contributed by atoms with Crippen LogP contribution >= 0.6 is 0 Å². The number of aromatic nitrogens is 2. The van der Waals surface area contributed by atoms with Crippen molar-refractivity contribution in [1.82, 2.24) is 9.97 Å². The molecule has 69 valence electrons. The standard InChI is InChI=1S/C12H11N2/c1-9-3-4-12(8-14-9)11-5-6-13-10(2)7-11/h3-6,8H,1-2H3. The molecule has 0 saturated carbocycles. The maximum atomic E-state index is 4.24. The molecule has 2 nitrogen and oxygen atoms in total. The lowest BCUT2D eigenvalue weighted by Crippen LogP contribution is -1.85. The lowest BCUT2D eigenvalue weighted by atomic mass is 10.1. The van der Waals surface area contributed by atoms with E-state index < -0.39 is 0 Å². The van der Waals surface area contributed by atoms with E-state index in [0.717, 1.165) is 22.5 Å². The van der Waals surface area contributed by atoms with Crippen molar-refractivity contribution in [2.45, 2.75) is 13.8 Å². The fourth-order valence-corrected chi connectivity index (χ4v) is 1.29. The van der Waals surface area contributed by atoms with Gasteiger partial charge in [-0.1, -0.05) is 6.07 Å². The van der Waals surface area contributed by atoms with E-state index in [0.29, 0.717) is 0 Å². The maximum absolute atomic E-state index is 4.24. The molecule has 0 spiro atoms. The highest BCUT2D eigenvalue weighted by Crippen LogP contribution is 2.17. The van der Waals surface area contributed by atoms with E-state index >= 15 is 0 Å².